The van der Waals surface area contributed by atoms with Gasteiger partial charge < -0.3 is 10.4 Å². The van der Waals surface area contributed by atoms with Crippen LogP contribution in [0.15, 0.2) is 42.5 Å². The van der Waals surface area contributed by atoms with Crippen molar-refractivity contribution in [2.75, 3.05) is 5.32 Å². The van der Waals surface area contributed by atoms with Gasteiger partial charge in [0.15, 0.2) is 0 Å². The van der Waals surface area contributed by atoms with Crippen molar-refractivity contribution in [3.05, 3.63) is 64.4 Å². The van der Waals surface area contributed by atoms with Crippen molar-refractivity contribution < 1.29 is 14.3 Å². The molecule has 0 aromatic heterocycles. The number of hydrogen-bond donors (Lipinski definition) is 2. The minimum absolute atomic E-state index is 0.0209. The monoisotopic (exact) mass is 293 g/mol. The second kappa shape index (κ2) is 5.92. The summed E-state index contributed by atoms with van der Waals surface area (Å²) in [4.78, 5) is 11.1. The Morgan fingerprint density at radius 1 is 1.30 bits per heavy atom. The Kier molecular flexibility index (Phi) is 4.25. The van der Waals surface area contributed by atoms with Crippen LogP contribution in [-0.2, 0) is 0 Å². The van der Waals surface area contributed by atoms with Gasteiger partial charge >= 0.3 is 5.97 Å². The van der Waals surface area contributed by atoms with Crippen LogP contribution in [0.4, 0.5) is 10.1 Å². The molecule has 0 aliphatic rings. The third-order valence-corrected chi connectivity index (χ3v) is 3.19. The topological polar surface area (TPSA) is 49.3 Å². The van der Waals surface area contributed by atoms with Crippen LogP contribution in [0.3, 0.4) is 0 Å². The second-order valence-electron chi connectivity index (χ2n) is 4.39. The summed E-state index contributed by atoms with van der Waals surface area (Å²) in [6.45, 7) is 1.81. The zero-order chi connectivity index (χ0) is 14.7. The van der Waals surface area contributed by atoms with E-state index in [1.807, 2.05) is 13.0 Å². The van der Waals surface area contributed by atoms with Gasteiger partial charge in [0.25, 0.3) is 0 Å². The highest BCUT2D eigenvalue weighted by atomic mass is 35.5. The molecule has 5 heteroatoms. The quantitative estimate of drug-likeness (QED) is 0.881. The van der Waals surface area contributed by atoms with Crippen LogP contribution < -0.4 is 5.32 Å². The van der Waals surface area contributed by atoms with Crippen LogP contribution >= 0.6 is 11.6 Å². The van der Waals surface area contributed by atoms with Crippen molar-refractivity contribution >= 4 is 23.3 Å². The van der Waals surface area contributed by atoms with E-state index in [0.717, 1.165) is 5.56 Å². The van der Waals surface area contributed by atoms with Crippen molar-refractivity contribution in [1.82, 2.24) is 0 Å². The van der Waals surface area contributed by atoms with E-state index in [4.69, 9.17) is 16.7 Å². The Balaban J connectivity index is 2.32. The Bertz CT molecular complexity index is 646. The van der Waals surface area contributed by atoms with Gasteiger partial charge in [0.05, 0.1) is 11.3 Å². The van der Waals surface area contributed by atoms with E-state index in [-0.39, 0.29) is 17.3 Å². The molecular weight excluding hydrogens is 281 g/mol. The number of benzene rings is 2. The van der Waals surface area contributed by atoms with E-state index >= 15 is 0 Å². The number of carbonyl (C=O) groups is 1. The van der Waals surface area contributed by atoms with Gasteiger partial charge in [0.1, 0.15) is 5.82 Å². The second-order valence-corrected chi connectivity index (χ2v) is 4.83. The highest BCUT2D eigenvalue weighted by Gasteiger charge is 2.16. The van der Waals surface area contributed by atoms with E-state index < -0.39 is 11.8 Å². The molecule has 0 bridgehead atoms. The van der Waals surface area contributed by atoms with E-state index in [9.17, 15) is 9.18 Å². The van der Waals surface area contributed by atoms with E-state index in [1.165, 1.54) is 18.2 Å². The fourth-order valence-corrected chi connectivity index (χ4v) is 2.12. The van der Waals surface area contributed by atoms with E-state index in [2.05, 4.69) is 5.32 Å². The molecule has 2 aromatic rings. The zero-order valence-electron chi connectivity index (χ0n) is 10.7. The lowest BCUT2D eigenvalue weighted by atomic mass is 10.1. The molecule has 20 heavy (non-hydrogen) atoms. The SMILES string of the molecule is CC(Nc1c(F)cccc1C(=O)O)c1cccc(Cl)c1. The van der Waals surface area contributed by atoms with Crippen molar-refractivity contribution in [1.29, 1.82) is 0 Å². The maximum Gasteiger partial charge on any atom is 0.337 e. The summed E-state index contributed by atoms with van der Waals surface area (Å²) in [6, 6.07) is 10.8. The van der Waals surface area contributed by atoms with Crippen LogP contribution in [0.1, 0.15) is 28.9 Å². The summed E-state index contributed by atoms with van der Waals surface area (Å²) < 4.78 is 13.8. The molecule has 2 N–H and O–H groups in total. The summed E-state index contributed by atoms with van der Waals surface area (Å²) in [5.41, 5.74) is 0.725. The molecule has 0 saturated heterocycles. The first-order valence-electron chi connectivity index (χ1n) is 6.03. The molecule has 1 atom stereocenters. The predicted octanol–water partition coefficient (Wildman–Crippen LogP) is 4.35. The van der Waals surface area contributed by atoms with Gasteiger partial charge in [-0.25, -0.2) is 9.18 Å². The van der Waals surface area contributed by atoms with Crippen LogP contribution in [0.25, 0.3) is 0 Å². The Hall–Kier alpha value is -2.07. The normalized spacial score (nSPS) is 11.9. The lowest BCUT2D eigenvalue weighted by Crippen LogP contribution is -2.12. The smallest absolute Gasteiger partial charge is 0.337 e. The average Bonchev–Trinajstić information content (AvgIpc) is 2.40. The Morgan fingerprint density at radius 2 is 2.00 bits per heavy atom. The molecule has 0 radical (unpaired) electrons. The Morgan fingerprint density at radius 3 is 2.65 bits per heavy atom. The number of carboxylic acids is 1. The highest BCUT2D eigenvalue weighted by Crippen LogP contribution is 2.26. The third-order valence-electron chi connectivity index (χ3n) is 2.95. The predicted molar refractivity (Wildman–Crippen MR) is 76.8 cm³/mol. The summed E-state index contributed by atoms with van der Waals surface area (Å²) in [6.07, 6.45) is 0. The van der Waals surface area contributed by atoms with Crippen LogP contribution in [0.2, 0.25) is 5.02 Å². The minimum atomic E-state index is -1.18. The van der Waals surface area contributed by atoms with Gasteiger partial charge in [-0.3, -0.25) is 0 Å². The van der Waals surface area contributed by atoms with Crippen LogP contribution in [-0.4, -0.2) is 11.1 Å². The van der Waals surface area contributed by atoms with E-state index in [1.54, 1.807) is 18.2 Å². The highest BCUT2D eigenvalue weighted by molar-refractivity contribution is 6.30. The molecule has 0 aliphatic carbocycles. The summed E-state index contributed by atoms with van der Waals surface area (Å²) >= 11 is 5.91. The number of hydrogen-bond acceptors (Lipinski definition) is 2. The molecule has 1 unspecified atom stereocenters. The maximum absolute atomic E-state index is 13.8. The van der Waals surface area contributed by atoms with E-state index in [0.29, 0.717) is 5.02 Å². The first-order valence-corrected chi connectivity index (χ1v) is 6.40. The standard InChI is InChI=1S/C15H13ClFNO2/c1-9(10-4-2-5-11(16)8-10)18-14-12(15(19)20)6-3-7-13(14)17/h2-9,18H,1H3,(H,19,20). The summed E-state index contributed by atoms with van der Waals surface area (Å²) in [7, 11) is 0. The molecule has 0 fully saturated rings. The largest absolute Gasteiger partial charge is 0.478 e. The number of aromatic carboxylic acids is 1. The fraction of sp³-hybridized carbons (Fsp3) is 0.133. The number of rotatable bonds is 4. The van der Waals surface area contributed by atoms with Crippen LogP contribution in [0, 0.1) is 5.82 Å². The summed E-state index contributed by atoms with van der Waals surface area (Å²) in [5.74, 6) is -1.77. The molecule has 104 valence electrons. The molecule has 2 aromatic carbocycles. The third kappa shape index (κ3) is 3.08. The molecule has 3 nitrogen and oxygen atoms in total. The van der Waals surface area contributed by atoms with Gasteiger partial charge in [-0.15, -0.1) is 0 Å². The molecule has 0 heterocycles. The number of nitrogens with one attached hydrogen (secondary N) is 1. The van der Waals surface area contributed by atoms with Gasteiger partial charge in [0.2, 0.25) is 0 Å². The molecule has 0 aliphatic heterocycles. The number of para-hydroxylation sites is 1. The average molecular weight is 294 g/mol. The number of anilines is 1. The Labute approximate surface area is 121 Å². The zero-order valence-corrected chi connectivity index (χ0v) is 11.5. The van der Waals surface area contributed by atoms with Crippen LogP contribution in [0.5, 0.6) is 0 Å². The molecule has 2 rings (SSSR count). The molecular formula is C15H13ClFNO2. The summed E-state index contributed by atoms with van der Waals surface area (Å²) in [5, 5.41) is 12.6. The number of carboxylic acid groups (broad SMARTS) is 1. The van der Waals surface area contributed by atoms with Crippen molar-refractivity contribution in [2.24, 2.45) is 0 Å². The van der Waals surface area contributed by atoms with Crippen molar-refractivity contribution in [3.8, 4) is 0 Å². The van der Waals surface area contributed by atoms with Crippen molar-refractivity contribution in [3.63, 3.8) is 0 Å². The lowest BCUT2D eigenvalue weighted by Gasteiger charge is -2.18. The fourth-order valence-electron chi connectivity index (χ4n) is 1.92. The van der Waals surface area contributed by atoms with Gasteiger partial charge in [-0.1, -0.05) is 29.8 Å². The van der Waals surface area contributed by atoms with Gasteiger partial charge in [-0.05, 0) is 36.8 Å². The molecule has 0 saturated carbocycles. The minimum Gasteiger partial charge on any atom is -0.478 e. The first kappa shape index (κ1) is 14.3. The lowest BCUT2D eigenvalue weighted by molar-refractivity contribution is 0.0697. The maximum atomic E-state index is 13.8. The first-order chi connectivity index (χ1) is 9.49. The van der Waals surface area contributed by atoms with Gasteiger partial charge in [0, 0.05) is 11.1 Å². The van der Waals surface area contributed by atoms with Crippen molar-refractivity contribution in [2.45, 2.75) is 13.0 Å². The number of halogens is 2. The molecule has 0 spiro atoms. The molecule has 0 amide bonds. The van der Waals surface area contributed by atoms with Gasteiger partial charge in [-0.2, -0.15) is 0 Å².